The molecular formula is C23H23NO4. The zero-order chi connectivity index (χ0) is 19.8. The van der Waals surface area contributed by atoms with E-state index in [-0.39, 0.29) is 5.91 Å². The zero-order valence-electron chi connectivity index (χ0n) is 16.0. The number of ether oxygens (including phenoxy) is 3. The van der Waals surface area contributed by atoms with Crippen molar-refractivity contribution in [3.63, 3.8) is 0 Å². The summed E-state index contributed by atoms with van der Waals surface area (Å²) in [5, 5.41) is 2.87. The second kappa shape index (κ2) is 9.46. The lowest BCUT2D eigenvalue weighted by Gasteiger charge is -2.13. The molecule has 0 spiro atoms. The molecule has 1 amide bonds. The lowest BCUT2D eigenvalue weighted by Crippen LogP contribution is -2.12. The van der Waals surface area contributed by atoms with E-state index in [1.165, 1.54) is 0 Å². The van der Waals surface area contributed by atoms with E-state index >= 15 is 0 Å². The summed E-state index contributed by atoms with van der Waals surface area (Å²) in [4.78, 5) is 12.5. The first-order chi connectivity index (χ1) is 13.7. The fourth-order valence-electron chi connectivity index (χ4n) is 2.67. The van der Waals surface area contributed by atoms with Gasteiger partial charge in [-0.1, -0.05) is 30.3 Å². The molecule has 0 bridgehead atoms. The van der Waals surface area contributed by atoms with Crippen molar-refractivity contribution >= 4 is 11.6 Å². The van der Waals surface area contributed by atoms with Gasteiger partial charge in [-0.05, 0) is 55.0 Å². The lowest BCUT2D eigenvalue weighted by atomic mass is 10.1. The van der Waals surface area contributed by atoms with Gasteiger partial charge in [-0.3, -0.25) is 4.79 Å². The first-order valence-electron chi connectivity index (χ1n) is 9.08. The van der Waals surface area contributed by atoms with E-state index in [0.29, 0.717) is 36.0 Å². The Bertz CT molecular complexity index is 908. The Hall–Kier alpha value is -3.47. The third-order valence-corrected chi connectivity index (χ3v) is 4.09. The second-order valence-corrected chi connectivity index (χ2v) is 6.05. The maximum atomic E-state index is 12.5. The quantitative estimate of drug-likeness (QED) is 0.605. The normalized spacial score (nSPS) is 10.2. The number of nitrogens with one attached hydrogen (secondary N) is 1. The number of methoxy groups -OCH3 is 1. The third kappa shape index (κ3) is 5.04. The minimum Gasteiger partial charge on any atom is -0.494 e. The van der Waals surface area contributed by atoms with Gasteiger partial charge in [0.25, 0.3) is 5.91 Å². The minimum atomic E-state index is -0.225. The van der Waals surface area contributed by atoms with Gasteiger partial charge in [-0.15, -0.1) is 0 Å². The molecule has 0 aliphatic carbocycles. The van der Waals surface area contributed by atoms with Crippen LogP contribution in [0, 0.1) is 0 Å². The van der Waals surface area contributed by atoms with Gasteiger partial charge >= 0.3 is 0 Å². The Labute approximate surface area is 164 Å². The molecule has 0 aromatic heterocycles. The Balaban J connectivity index is 1.67. The number of hydrogen-bond acceptors (Lipinski definition) is 4. The number of hydrogen-bond donors (Lipinski definition) is 1. The van der Waals surface area contributed by atoms with Gasteiger partial charge in [0.2, 0.25) is 0 Å². The van der Waals surface area contributed by atoms with Crippen molar-refractivity contribution in [1.82, 2.24) is 0 Å². The van der Waals surface area contributed by atoms with Crippen LogP contribution >= 0.6 is 0 Å². The van der Waals surface area contributed by atoms with Gasteiger partial charge in [-0.25, -0.2) is 0 Å². The Morgan fingerprint density at radius 3 is 2.32 bits per heavy atom. The number of carbonyl (C=O) groups excluding carboxylic acids is 1. The van der Waals surface area contributed by atoms with Crippen LogP contribution in [0.3, 0.4) is 0 Å². The summed E-state index contributed by atoms with van der Waals surface area (Å²) in [6.45, 7) is 2.95. The average Bonchev–Trinajstić information content (AvgIpc) is 2.74. The monoisotopic (exact) mass is 377 g/mol. The first-order valence-corrected chi connectivity index (χ1v) is 9.08. The smallest absolute Gasteiger partial charge is 0.255 e. The van der Waals surface area contributed by atoms with E-state index in [0.717, 1.165) is 11.3 Å². The Kier molecular flexibility index (Phi) is 6.52. The molecule has 3 aromatic carbocycles. The highest BCUT2D eigenvalue weighted by atomic mass is 16.5. The second-order valence-electron chi connectivity index (χ2n) is 6.05. The first kappa shape index (κ1) is 19.3. The summed E-state index contributed by atoms with van der Waals surface area (Å²) in [7, 11) is 1.55. The molecule has 1 N–H and O–H groups in total. The molecule has 144 valence electrons. The maximum Gasteiger partial charge on any atom is 0.255 e. The molecule has 0 heterocycles. The highest BCUT2D eigenvalue weighted by Crippen LogP contribution is 2.29. The number of anilines is 1. The molecular weight excluding hydrogens is 354 g/mol. The summed E-state index contributed by atoms with van der Waals surface area (Å²) in [6.07, 6.45) is 0. The molecule has 3 rings (SSSR count). The fraction of sp³-hybridized carbons (Fsp3) is 0.174. The highest BCUT2D eigenvalue weighted by Gasteiger charge is 2.12. The number of carbonyl (C=O) groups is 1. The van der Waals surface area contributed by atoms with Crippen molar-refractivity contribution in [2.45, 2.75) is 13.5 Å². The largest absolute Gasteiger partial charge is 0.494 e. The summed E-state index contributed by atoms with van der Waals surface area (Å²) < 4.78 is 16.6. The molecule has 28 heavy (non-hydrogen) atoms. The zero-order valence-corrected chi connectivity index (χ0v) is 16.0. The summed E-state index contributed by atoms with van der Waals surface area (Å²) in [5.74, 6) is 1.64. The summed E-state index contributed by atoms with van der Waals surface area (Å²) in [6, 6.07) is 22.2. The van der Waals surface area contributed by atoms with Crippen LogP contribution in [-0.2, 0) is 6.61 Å². The lowest BCUT2D eigenvalue weighted by molar-refractivity contribution is 0.102. The third-order valence-electron chi connectivity index (χ3n) is 4.09. The van der Waals surface area contributed by atoms with Crippen molar-refractivity contribution < 1.29 is 19.0 Å². The number of amides is 1. The van der Waals surface area contributed by atoms with Crippen LogP contribution < -0.4 is 19.5 Å². The molecule has 0 atom stereocenters. The van der Waals surface area contributed by atoms with Crippen LogP contribution in [0.15, 0.2) is 72.8 Å². The highest BCUT2D eigenvalue weighted by molar-refractivity contribution is 6.04. The molecule has 0 radical (unpaired) electrons. The fourth-order valence-corrected chi connectivity index (χ4v) is 2.67. The van der Waals surface area contributed by atoms with Crippen LogP contribution in [0.2, 0.25) is 0 Å². The van der Waals surface area contributed by atoms with Crippen LogP contribution in [0.5, 0.6) is 17.2 Å². The summed E-state index contributed by atoms with van der Waals surface area (Å²) in [5.41, 5.74) is 2.23. The van der Waals surface area contributed by atoms with E-state index in [1.54, 1.807) is 37.4 Å². The SMILES string of the molecule is CCOc1ccc(NC(=O)c2ccc(OCc3ccccc3)c(OC)c2)cc1. The molecule has 0 saturated heterocycles. The minimum absolute atomic E-state index is 0.225. The van der Waals surface area contributed by atoms with Crippen LogP contribution in [0.25, 0.3) is 0 Å². The topological polar surface area (TPSA) is 56.8 Å². The van der Waals surface area contributed by atoms with Gasteiger partial charge in [0, 0.05) is 11.3 Å². The number of benzene rings is 3. The average molecular weight is 377 g/mol. The molecule has 5 heteroatoms. The number of rotatable bonds is 8. The Morgan fingerprint density at radius 1 is 0.893 bits per heavy atom. The van der Waals surface area contributed by atoms with Crippen molar-refractivity contribution in [1.29, 1.82) is 0 Å². The molecule has 5 nitrogen and oxygen atoms in total. The molecule has 0 fully saturated rings. The van der Waals surface area contributed by atoms with Crippen molar-refractivity contribution in [2.24, 2.45) is 0 Å². The van der Waals surface area contributed by atoms with Crippen molar-refractivity contribution in [2.75, 3.05) is 19.0 Å². The van der Waals surface area contributed by atoms with E-state index in [1.807, 2.05) is 49.4 Å². The maximum absolute atomic E-state index is 12.5. The van der Waals surface area contributed by atoms with Gasteiger partial charge in [0.15, 0.2) is 11.5 Å². The Morgan fingerprint density at radius 2 is 1.64 bits per heavy atom. The van der Waals surface area contributed by atoms with E-state index in [4.69, 9.17) is 14.2 Å². The van der Waals surface area contributed by atoms with Gasteiger partial charge in [-0.2, -0.15) is 0 Å². The molecule has 3 aromatic rings. The van der Waals surface area contributed by atoms with Gasteiger partial charge in [0.1, 0.15) is 12.4 Å². The predicted molar refractivity (Wildman–Crippen MR) is 109 cm³/mol. The van der Waals surface area contributed by atoms with Gasteiger partial charge in [0.05, 0.1) is 13.7 Å². The molecule has 0 aliphatic heterocycles. The summed E-state index contributed by atoms with van der Waals surface area (Å²) >= 11 is 0. The van der Waals surface area contributed by atoms with Crippen molar-refractivity contribution in [3.8, 4) is 17.2 Å². The molecule has 0 saturated carbocycles. The van der Waals surface area contributed by atoms with Crippen LogP contribution in [-0.4, -0.2) is 19.6 Å². The predicted octanol–water partition coefficient (Wildman–Crippen LogP) is 4.93. The van der Waals surface area contributed by atoms with Crippen LogP contribution in [0.4, 0.5) is 5.69 Å². The van der Waals surface area contributed by atoms with E-state index in [2.05, 4.69) is 5.32 Å². The van der Waals surface area contributed by atoms with Crippen molar-refractivity contribution in [3.05, 3.63) is 83.9 Å². The van der Waals surface area contributed by atoms with Gasteiger partial charge < -0.3 is 19.5 Å². The van der Waals surface area contributed by atoms with E-state index in [9.17, 15) is 4.79 Å². The molecule has 0 aliphatic rings. The standard InChI is InChI=1S/C23H23NO4/c1-3-27-20-12-10-19(11-13-20)24-23(25)18-9-14-21(22(15-18)26-2)28-16-17-7-5-4-6-8-17/h4-15H,3,16H2,1-2H3,(H,24,25). The van der Waals surface area contributed by atoms with Crippen LogP contribution in [0.1, 0.15) is 22.8 Å². The molecule has 0 unspecified atom stereocenters. The van der Waals surface area contributed by atoms with E-state index < -0.39 is 0 Å².